The van der Waals surface area contributed by atoms with E-state index in [2.05, 4.69) is 67.3 Å². The molecule has 0 aliphatic carbocycles. The molecular weight excluding hydrogens is 460 g/mol. The van der Waals surface area contributed by atoms with Crippen LogP contribution < -0.4 is 5.32 Å². The highest BCUT2D eigenvalue weighted by Crippen LogP contribution is 2.25. The van der Waals surface area contributed by atoms with Crippen LogP contribution in [0.15, 0.2) is 58.4 Å². The maximum absolute atomic E-state index is 12.3. The minimum atomic E-state index is -0.0625. The van der Waals surface area contributed by atoms with Crippen LogP contribution in [0.25, 0.3) is 10.6 Å². The van der Waals surface area contributed by atoms with Crippen LogP contribution in [-0.2, 0) is 17.8 Å². The zero-order valence-electron chi connectivity index (χ0n) is 17.0. The first-order valence-electron chi connectivity index (χ1n) is 10.1. The van der Waals surface area contributed by atoms with E-state index in [0.29, 0.717) is 0 Å². The molecule has 1 aliphatic heterocycles. The third-order valence-electron chi connectivity index (χ3n) is 5.20. The Morgan fingerprint density at radius 1 is 1.13 bits per heavy atom. The highest BCUT2D eigenvalue weighted by atomic mass is 79.9. The van der Waals surface area contributed by atoms with Crippen LogP contribution in [0, 0.1) is 0 Å². The smallest absolute Gasteiger partial charge is 0.230 e. The Hall–Kier alpha value is -2.06. The number of rotatable bonds is 6. The molecule has 2 aromatic carbocycles. The predicted octanol–water partition coefficient (Wildman–Crippen LogP) is 4.50. The molecule has 5 nitrogen and oxygen atoms in total. The largest absolute Gasteiger partial charge is 0.326 e. The summed E-state index contributed by atoms with van der Waals surface area (Å²) < 4.78 is 0.937. The zero-order chi connectivity index (χ0) is 20.9. The molecule has 7 heteroatoms. The fourth-order valence-electron chi connectivity index (χ4n) is 3.47. The minimum absolute atomic E-state index is 0.0625. The van der Waals surface area contributed by atoms with Crippen molar-refractivity contribution in [2.75, 3.05) is 38.5 Å². The molecule has 1 amide bonds. The first-order chi connectivity index (χ1) is 14.5. The predicted molar refractivity (Wildman–Crippen MR) is 127 cm³/mol. The van der Waals surface area contributed by atoms with Gasteiger partial charge < -0.3 is 10.2 Å². The van der Waals surface area contributed by atoms with Gasteiger partial charge in [0, 0.05) is 53.8 Å². The SMILES string of the molecule is CN1CCN(Cc2ccc(-c3nc(CC(=O)Nc4cccc(Br)c4)cs3)cc2)CC1. The van der Waals surface area contributed by atoms with E-state index in [9.17, 15) is 4.79 Å². The van der Waals surface area contributed by atoms with Crippen LogP contribution >= 0.6 is 27.3 Å². The van der Waals surface area contributed by atoms with Gasteiger partial charge in [0.15, 0.2) is 0 Å². The molecule has 156 valence electrons. The molecule has 1 saturated heterocycles. The van der Waals surface area contributed by atoms with Gasteiger partial charge in [-0.15, -0.1) is 11.3 Å². The summed E-state index contributed by atoms with van der Waals surface area (Å²) in [4.78, 5) is 21.9. The Labute approximate surface area is 189 Å². The molecule has 4 rings (SSSR count). The molecule has 30 heavy (non-hydrogen) atoms. The van der Waals surface area contributed by atoms with Gasteiger partial charge in [-0.25, -0.2) is 4.98 Å². The highest BCUT2D eigenvalue weighted by molar-refractivity contribution is 9.10. The summed E-state index contributed by atoms with van der Waals surface area (Å²) in [6.45, 7) is 5.50. The van der Waals surface area contributed by atoms with Crippen LogP contribution in [0.2, 0.25) is 0 Å². The summed E-state index contributed by atoms with van der Waals surface area (Å²) in [5.41, 5.74) is 4.00. The van der Waals surface area contributed by atoms with Crippen molar-refractivity contribution in [1.29, 1.82) is 0 Å². The Kier molecular flexibility index (Phi) is 6.94. The molecule has 1 fully saturated rings. The van der Waals surface area contributed by atoms with Gasteiger partial charge in [0.25, 0.3) is 0 Å². The van der Waals surface area contributed by atoms with Crippen molar-refractivity contribution in [3.05, 3.63) is 69.6 Å². The molecule has 0 radical (unpaired) electrons. The first-order valence-corrected chi connectivity index (χ1v) is 11.7. The third-order valence-corrected chi connectivity index (χ3v) is 6.64. The quantitative estimate of drug-likeness (QED) is 0.559. The van der Waals surface area contributed by atoms with E-state index in [4.69, 9.17) is 0 Å². The van der Waals surface area contributed by atoms with Gasteiger partial charge in [0.2, 0.25) is 5.91 Å². The van der Waals surface area contributed by atoms with E-state index in [0.717, 1.165) is 59.1 Å². The number of likely N-dealkylation sites (N-methyl/N-ethyl adjacent to an activating group) is 1. The summed E-state index contributed by atoms with van der Waals surface area (Å²) in [7, 11) is 2.18. The molecule has 1 N–H and O–H groups in total. The monoisotopic (exact) mass is 484 g/mol. The normalized spacial score (nSPS) is 15.3. The maximum Gasteiger partial charge on any atom is 0.230 e. The second-order valence-electron chi connectivity index (χ2n) is 7.66. The van der Waals surface area contributed by atoms with Crippen molar-refractivity contribution in [3.63, 3.8) is 0 Å². The molecule has 3 aromatic rings. The van der Waals surface area contributed by atoms with Gasteiger partial charge in [0.1, 0.15) is 5.01 Å². The summed E-state index contributed by atoms with van der Waals surface area (Å²) >= 11 is 5.00. The van der Waals surface area contributed by atoms with Crippen LogP contribution in [0.1, 0.15) is 11.3 Å². The number of thiazole rings is 1. The van der Waals surface area contributed by atoms with E-state index >= 15 is 0 Å². The molecule has 2 heterocycles. The lowest BCUT2D eigenvalue weighted by Crippen LogP contribution is -2.43. The van der Waals surface area contributed by atoms with Crippen molar-refractivity contribution in [2.24, 2.45) is 0 Å². The standard InChI is InChI=1S/C23H25BrN4OS/c1-27-9-11-28(12-10-27)15-17-5-7-18(8-6-17)23-26-21(16-30-23)14-22(29)25-20-4-2-3-19(24)13-20/h2-8,13,16H,9-12,14-15H2,1H3,(H,25,29). The number of piperazine rings is 1. The summed E-state index contributed by atoms with van der Waals surface area (Å²) in [6, 6.07) is 16.2. The third kappa shape index (κ3) is 5.76. The van der Waals surface area contributed by atoms with E-state index in [1.165, 1.54) is 5.56 Å². The lowest BCUT2D eigenvalue weighted by atomic mass is 10.1. The van der Waals surface area contributed by atoms with Crippen molar-refractivity contribution in [2.45, 2.75) is 13.0 Å². The fourth-order valence-corrected chi connectivity index (χ4v) is 4.70. The number of amides is 1. The number of carbonyl (C=O) groups is 1. The number of halogens is 1. The van der Waals surface area contributed by atoms with Crippen LogP contribution in [0.3, 0.4) is 0 Å². The fraction of sp³-hybridized carbons (Fsp3) is 0.304. The molecular formula is C23H25BrN4OS. The van der Waals surface area contributed by atoms with Crippen LogP contribution in [0.4, 0.5) is 5.69 Å². The number of nitrogens with one attached hydrogen (secondary N) is 1. The topological polar surface area (TPSA) is 48.5 Å². The van der Waals surface area contributed by atoms with Crippen molar-refractivity contribution >= 4 is 38.9 Å². The summed E-state index contributed by atoms with van der Waals surface area (Å²) in [5, 5.41) is 5.83. The average molecular weight is 485 g/mol. The molecule has 0 bridgehead atoms. The van der Waals surface area contributed by atoms with Gasteiger partial charge in [-0.1, -0.05) is 46.3 Å². The second-order valence-corrected chi connectivity index (χ2v) is 9.43. The van der Waals surface area contributed by atoms with Gasteiger partial charge >= 0.3 is 0 Å². The van der Waals surface area contributed by atoms with Gasteiger partial charge in [-0.05, 0) is 30.8 Å². The molecule has 1 aromatic heterocycles. The van der Waals surface area contributed by atoms with Crippen molar-refractivity contribution in [3.8, 4) is 10.6 Å². The number of hydrogen-bond donors (Lipinski definition) is 1. The van der Waals surface area contributed by atoms with E-state index in [1.807, 2.05) is 29.6 Å². The van der Waals surface area contributed by atoms with Crippen molar-refractivity contribution < 1.29 is 4.79 Å². The molecule has 0 saturated carbocycles. The number of nitrogens with zero attached hydrogens (tertiary/aromatic N) is 3. The molecule has 0 spiro atoms. The Bertz CT molecular complexity index is 996. The van der Waals surface area contributed by atoms with Crippen molar-refractivity contribution in [1.82, 2.24) is 14.8 Å². The Morgan fingerprint density at radius 2 is 1.90 bits per heavy atom. The molecule has 0 atom stereocenters. The lowest BCUT2D eigenvalue weighted by Gasteiger charge is -2.32. The van der Waals surface area contributed by atoms with Gasteiger partial charge in [0.05, 0.1) is 12.1 Å². The highest BCUT2D eigenvalue weighted by Gasteiger charge is 2.14. The number of carbonyl (C=O) groups excluding carboxylic acids is 1. The number of anilines is 1. The molecule has 1 aliphatic rings. The summed E-state index contributed by atoms with van der Waals surface area (Å²) in [6.07, 6.45) is 0.268. The van der Waals surface area contributed by atoms with E-state index in [-0.39, 0.29) is 12.3 Å². The van der Waals surface area contributed by atoms with Crippen LogP contribution in [0.5, 0.6) is 0 Å². The molecule has 0 unspecified atom stereocenters. The number of benzene rings is 2. The van der Waals surface area contributed by atoms with Crippen LogP contribution in [-0.4, -0.2) is 53.9 Å². The number of hydrogen-bond acceptors (Lipinski definition) is 5. The number of aromatic nitrogens is 1. The van der Waals surface area contributed by atoms with Gasteiger partial charge in [-0.2, -0.15) is 0 Å². The zero-order valence-corrected chi connectivity index (χ0v) is 19.4. The second kappa shape index (κ2) is 9.83. The lowest BCUT2D eigenvalue weighted by molar-refractivity contribution is -0.115. The van der Waals surface area contributed by atoms with Gasteiger partial charge in [-0.3, -0.25) is 9.69 Å². The maximum atomic E-state index is 12.3. The average Bonchev–Trinajstić information content (AvgIpc) is 3.18. The van der Waals surface area contributed by atoms with E-state index in [1.54, 1.807) is 11.3 Å². The first kappa shape index (κ1) is 21.2. The minimum Gasteiger partial charge on any atom is -0.326 e. The van der Waals surface area contributed by atoms with E-state index < -0.39 is 0 Å². The Morgan fingerprint density at radius 3 is 2.63 bits per heavy atom. The Balaban J connectivity index is 1.33. The summed E-state index contributed by atoms with van der Waals surface area (Å²) in [5.74, 6) is -0.0625.